The van der Waals surface area contributed by atoms with Crippen LogP contribution < -0.4 is 10.1 Å². The summed E-state index contributed by atoms with van der Waals surface area (Å²) in [6, 6.07) is 13.6. The molecule has 0 bridgehead atoms. The Hall–Kier alpha value is -2.03. The van der Waals surface area contributed by atoms with E-state index < -0.39 is 10.0 Å². The third kappa shape index (κ3) is 5.32. The van der Waals surface area contributed by atoms with Gasteiger partial charge in [-0.2, -0.15) is 4.31 Å². The van der Waals surface area contributed by atoms with Crippen molar-refractivity contribution in [2.45, 2.75) is 41.5 Å². The van der Waals surface area contributed by atoms with E-state index in [9.17, 15) is 13.2 Å². The molecule has 156 valence electrons. The Morgan fingerprint density at radius 3 is 2.66 bits per heavy atom. The smallest absolute Gasteiger partial charge is 0.243 e. The Kier molecular flexibility index (Phi) is 7.21. The summed E-state index contributed by atoms with van der Waals surface area (Å²) in [7, 11) is -2.13. The molecule has 1 atom stereocenters. The summed E-state index contributed by atoms with van der Waals surface area (Å²) < 4.78 is 32.9. The molecule has 1 aliphatic rings. The number of methoxy groups -OCH3 is 1. The highest BCUT2D eigenvalue weighted by atomic mass is 32.2. The predicted molar refractivity (Wildman–Crippen MR) is 116 cm³/mol. The van der Waals surface area contributed by atoms with Gasteiger partial charge in [-0.1, -0.05) is 12.5 Å². The molecule has 0 aromatic heterocycles. The highest BCUT2D eigenvalue weighted by Gasteiger charge is 2.34. The van der Waals surface area contributed by atoms with Gasteiger partial charge in [0.1, 0.15) is 5.75 Å². The van der Waals surface area contributed by atoms with Gasteiger partial charge < -0.3 is 10.1 Å². The molecule has 1 fully saturated rings. The molecule has 1 heterocycles. The van der Waals surface area contributed by atoms with Crippen LogP contribution in [0.25, 0.3) is 0 Å². The molecule has 1 unspecified atom stereocenters. The van der Waals surface area contributed by atoms with Crippen LogP contribution in [0.4, 0.5) is 5.69 Å². The highest BCUT2D eigenvalue weighted by Crippen LogP contribution is 2.28. The van der Waals surface area contributed by atoms with Crippen molar-refractivity contribution in [2.75, 3.05) is 25.2 Å². The minimum Gasteiger partial charge on any atom is -0.497 e. The number of ether oxygens (including phenoxy) is 1. The van der Waals surface area contributed by atoms with Crippen molar-refractivity contribution < 1.29 is 17.9 Å². The first-order valence-electron chi connectivity index (χ1n) is 9.54. The molecule has 1 amide bonds. The van der Waals surface area contributed by atoms with E-state index in [0.717, 1.165) is 23.4 Å². The fourth-order valence-corrected chi connectivity index (χ4v) is 5.66. The van der Waals surface area contributed by atoms with Crippen molar-refractivity contribution >= 4 is 33.4 Å². The van der Waals surface area contributed by atoms with E-state index >= 15 is 0 Å². The van der Waals surface area contributed by atoms with Crippen molar-refractivity contribution in [2.24, 2.45) is 0 Å². The molecule has 0 aliphatic carbocycles. The molecule has 29 heavy (non-hydrogen) atoms. The molecule has 6 nitrogen and oxygen atoms in total. The number of piperidine rings is 1. The van der Waals surface area contributed by atoms with E-state index in [2.05, 4.69) is 5.32 Å². The lowest BCUT2D eigenvalue weighted by molar-refractivity contribution is -0.117. The van der Waals surface area contributed by atoms with E-state index in [1.54, 1.807) is 36.0 Å². The maximum atomic E-state index is 13.2. The third-order valence-corrected chi connectivity index (χ3v) is 7.71. The second-order valence-electron chi connectivity index (χ2n) is 6.93. The number of thioether (sulfide) groups is 1. The predicted octanol–water partition coefficient (Wildman–Crippen LogP) is 3.99. The Morgan fingerprint density at radius 1 is 1.21 bits per heavy atom. The van der Waals surface area contributed by atoms with E-state index in [-0.39, 0.29) is 23.3 Å². The van der Waals surface area contributed by atoms with E-state index in [1.807, 2.05) is 30.5 Å². The number of sulfonamides is 1. The number of hydrogen-bond acceptors (Lipinski definition) is 5. The zero-order valence-corrected chi connectivity index (χ0v) is 18.3. The van der Waals surface area contributed by atoms with Crippen LogP contribution in [0, 0.1) is 0 Å². The second kappa shape index (κ2) is 9.65. The van der Waals surface area contributed by atoms with Crippen molar-refractivity contribution in [3.05, 3.63) is 48.5 Å². The van der Waals surface area contributed by atoms with Crippen LogP contribution in [-0.4, -0.2) is 44.6 Å². The van der Waals surface area contributed by atoms with Gasteiger partial charge in [0.15, 0.2) is 0 Å². The molecule has 0 radical (unpaired) electrons. The van der Waals surface area contributed by atoms with Crippen LogP contribution in [-0.2, 0) is 14.8 Å². The summed E-state index contributed by atoms with van der Waals surface area (Å²) in [4.78, 5) is 13.9. The molecule has 1 N–H and O–H groups in total. The number of nitrogens with one attached hydrogen (secondary N) is 1. The lowest BCUT2D eigenvalue weighted by Gasteiger charge is -2.34. The molecular formula is C21H26N2O4S2. The van der Waals surface area contributed by atoms with E-state index in [4.69, 9.17) is 4.74 Å². The standard InChI is InChI=1S/C21H26N2O4S2/c1-27-18-9-11-20(12-10-18)29(25,26)23-13-4-3-7-17(23)15-21(24)22-16-6-5-8-19(14-16)28-2/h5-6,8-12,14,17H,3-4,7,13,15H2,1-2H3,(H,22,24). The number of nitrogens with zero attached hydrogens (tertiary/aromatic N) is 1. The number of benzene rings is 2. The molecule has 0 saturated carbocycles. The fourth-order valence-electron chi connectivity index (χ4n) is 3.50. The monoisotopic (exact) mass is 434 g/mol. The van der Waals surface area contributed by atoms with Gasteiger partial charge in [-0.15, -0.1) is 11.8 Å². The van der Waals surface area contributed by atoms with Gasteiger partial charge in [-0.05, 0) is 61.6 Å². The molecule has 1 saturated heterocycles. The zero-order valence-electron chi connectivity index (χ0n) is 16.6. The van der Waals surface area contributed by atoms with Crippen LogP contribution in [0.15, 0.2) is 58.3 Å². The van der Waals surface area contributed by atoms with Gasteiger partial charge in [-0.3, -0.25) is 4.79 Å². The van der Waals surface area contributed by atoms with E-state index in [0.29, 0.717) is 18.7 Å². The average Bonchev–Trinajstić information content (AvgIpc) is 2.74. The van der Waals surface area contributed by atoms with Gasteiger partial charge in [0, 0.05) is 29.6 Å². The largest absolute Gasteiger partial charge is 0.497 e. The third-order valence-electron chi connectivity index (χ3n) is 5.01. The minimum absolute atomic E-state index is 0.138. The summed E-state index contributed by atoms with van der Waals surface area (Å²) in [5.74, 6) is 0.427. The maximum absolute atomic E-state index is 13.2. The summed E-state index contributed by atoms with van der Waals surface area (Å²) in [6.07, 6.45) is 4.50. The number of anilines is 1. The summed E-state index contributed by atoms with van der Waals surface area (Å²) in [5.41, 5.74) is 0.724. The van der Waals surface area contributed by atoms with Gasteiger partial charge in [0.05, 0.1) is 12.0 Å². The molecule has 8 heteroatoms. The molecule has 2 aromatic rings. The first-order chi connectivity index (χ1) is 13.9. The minimum atomic E-state index is -3.67. The lowest BCUT2D eigenvalue weighted by atomic mass is 10.0. The molecule has 1 aliphatic heterocycles. The van der Waals surface area contributed by atoms with Crippen molar-refractivity contribution in [3.8, 4) is 5.75 Å². The topological polar surface area (TPSA) is 75.7 Å². The van der Waals surface area contributed by atoms with Gasteiger partial charge in [0.2, 0.25) is 15.9 Å². The number of carbonyl (C=O) groups excluding carboxylic acids is 1. The van der Waals surface area contributed by atoms with Crippen LogP contribution in [0.3, 0.4) is 0 Å². The summed E-state index contributed by atoms with van der Waals surface area (Å²) >= 11 is 1.60. The normalized spacial score (nSPS) is 17.7. The zero-order chi connectivity index (χ0) is 20.9. The number of carbonyl (C=O) groups is 1. The second-order valence-corrected chi connectivity index (χ2v) is 9.70. The van der Waals surface area contributed by atoms with Crippen molar-refractivity contribution in [1.29, 1.82) is 0 Å². The fraction of sp³-hybridized carbons (Fsp3) is 0.381. The van der Waals surface area contributed by atoms with Crippen molar-refractivity contribution in [3.63, 3.8) is 0 Å². The lowest BCUT2D eigenvalue weighted by Crippen LogP contribution is -2.45. The van der Waals surface area contributed by atoms with E-state index in [1.165, 1.54) is 11.4 Å². The van der Waals surface area contributed by atoms with Crippen molar-refractivity contribution in [1.82, 2.24) is 4.31 Å². The Bertz CT molecular complexity index is 945. The maximum Gasteiger partial charge on any atom is 0.243 e. The van der Waals surface area contributed by atoms with Crippen LogP contribution in [0.1, 0.15) is 25.7 Å². The Labute approximate surface area is 176 Å². The van der Waals surface area contributed by atoms with Crippen LogP contribution in [0.5, 0.6) is 5.75 Å². The van der Waals surface area contributed by atoms with Gasteiger partial charge in [0.25, 0.3) is 0 Å². The molecule has 0 spiro atoms. The average molecular weight is 435 g/mol. The first-order valence-corrected chi connectivity index (χ1v) is 12.2. The summed E-state index contributed by atoms with van der Waals surface area (Å²) in [5, 5.41) is 2.90. The summed E-state index contributed by atoms with van der Waals surface area (Å²) in [6.45, 7) is 0.425. The first kappa shape index (κ1) is 21.7. The SMILES string of the molecule is COc1ccc(S(=O)(=O)N2CCCCC2CC(=O)Nc2cccc(SC)c2)cc1. The Morgan fingerprint density at radius 2 is 1.97 bits per heavy atom. The highest BCUT2D eigenvalue weighted by molar-refractivity contribution is 7.98. The Balaban J connectivity index is 1.73. The van der Waals surface area contributed by atoms with Gasteiger partial charge >= 0.3 is 0 Å². The number of hydrogen-bond donors (Lipinski definition) is 1. The number of amides is 1. The molecule has 3 rings (SSSR count). The molecule has 2 aromatic carbocycles. The number of rotatable bonds is 7. The van der Waals surface area contributed by atoms with Crippen LogP contribution >= 0.6 is 11.8 Å². The molecular weight excluding hydrogens is 408 g/mol. The van der Waals surface area contributed by atoms with Gasteiger partial charge in [-0.25, -0.2) is 8.42 Å². The van der Waals surface area contributed by atoms with Crippen LogP contribution in [0.2, 0.25) is 0 Å². The quantitative estimate of drug-likeness (QED) is 0.667.